The van der Waals surface area contributed by atoms with E-state index in [-0.39, 0.29) is 23.4 Å². The fourth-order valence-electron chi connectivity index (χ4n) is 5.28. The third kappa shape index (κ3) is 3.73. The zero-order valence-electron chi connectivity index (χ0n) is 17.7. The third-order valence-electron chi connectivity index (χ3n) is 7.06. The summed E-state index contributed by atoms with van der Waals surface area (Å²) in [6.07, 6.45) is 7.00. The lowest BCUT2D eigenvalue weighted by molar-refractivity contribution is -0.136. The van der Waals surface area contributed by atoms with Crippen LogP contribution in [0.1, 0.15) is 72.1 Å². The minimum absolute atomic E-state index is 0.0252. The van der Waals surface area contributed by atoms with Gasteiger partial charge in [0.25, 0.3) is 5.56 Å². The second-order valence-electron chi connectivity index (χ2n) is 9.03. The molecule has 0 radical (unpaired) electrons. The SMILES string of the molecule is Cc1ccsc1CN1CCc2nc([C@@H]3CCCN3C(=O)C3CCCC3)[nH]c(=O)c2C1. The molecule has 2 aromatic heterocycles. The average Bonchev–Trinajstić information content (AvgIpc) is 3.50. The quantitative estimate of drug-likeness (QED) is 0.812. The summed E-state index contributed by atoms with van der Waals surface area (Å²) < 4.78 is 0. The number of aryl methyl sites for hydroxylation is 1. The van der Waals surface area contributed by atoms with E-state index in [1.54, 1.807) is 11.3 Å². The van der Waals surface area contributed by atoms with Gasteiger partial charge in [0.1, 0.15) is 5.82 Å². The molecule has 30 heavy (non-hydrogen) atoms. The Morgan fingerprint density at radius 2 is 2.07 bits per heavy atom. The standard InChI is InChI=1S/C23H30N4O2S/c1-15-9-12-30-20(15)14-26-11-8-18-17(13-26)22(28)25-21(24-18)19-7-4-10-27(19)23(29)16-5-2-3-6-16/h9,12,16,19H,2-8,10-11,13-14H2,1H3,(H,24,25,28)/t19-/m0/s1. The number of aromatic amines is 1. The van der Waals surface area contributed by atoms with E-state index in [2.05, 4.69) is 28.3 Å². The van der Waals surface area contributed by atoms with Crippen molar-refractivity contribution in [2.45, 2.75) is 71.0 Å². The maximum absolute atomic E-state index is 13.0. The van der Waals surface area contributed by atoms with Crippen LogP contribution in [-0.2, 0) is 24.3 Å². The Morgan fingerprint density at radius 3 is 2.83 bits per heavy atom. The molecule has 5 rings (SSSR count). The lowest BCUT2D eigenvalue weighted by atomic mass is 10.0. The molecule has 0 spiro atoms. The molecule has 160 valence electrons. The first-order chi connectivity index (χ1) is 14.6. The summed E-state index contributed by atoms with van der Waals surface area (Å²) in [7, 11) is 0. The molecule has 0 bridgehead atoms. The van der Waals surface area contributed by atoms with E-state index in [0.29, 0.717) is 12.4 Å². The smallest absolute Gasteiger partial charge is 0.255 e. The van der Waals surface area contributed by atoms with Gasteiger partial charge in [0, 0.05) is 43.4 Å². The summed E-state index contributed by atoms with van der Waals surface area (Å²) in [5.41, 5.74) is 3.02. The number of carbonyl (C=O) groups is 1. The highest BCUT2D eigenvalue weighted by molar-refractivity contribution is 7.10. The predicted molar refractivity (Wildman–Crippen MR) is 117 cm³/mol. The van der Waals surface area contributed by atoms with Crippen LogP contribution in [0, 0.1) is 12.8 Å². The summed E-state index contributed by atoms with van der Waals surface area (Å²) in [5.74, 6) is 1.14. The van der Waals surface area contributed by atoms with E-state index >= 15 is 0 Å². The number of hydrogen-bond donors (Lipinski definition) is 1. The molecule has 0 unspecified atom stereocenters. The molecule has 1 amide bonds. The van der Waals surface area contributed by atoms with Gasteiger partial charge in [0.15, 0.2) is 0 Å². The minimum Gasteiger partial charge on any atom is -0.332 e. The lowest BCUT2D eigenvalue weighted by Gasteiger charge is -2.30. The molecule has 7 heteroatoms. The van der Waals surface area contributed by atoms with Gasteiger partial charge in [0.2, 0.25) is 5.91 Å². The summed E-state index contributed by atoms with van der Waals surface area (Å²) in [6.45, 7) is 5.37. The second kappa shape index (κ2) is 8.27. The highest BCUT2D eigenvalue weighted by atomic mass is 32.1. The van der Waals surface area contributed by atoms with Crippen LogP contribution in [0.5, 0.6) is 0 Å². The van der Waals surface area contributed by atoms with Crippen LogP contribution in [0.25, 0.3) is 0 Å². The van der Waals surface area contributed by atoms with Crippen molar-refractivity contribution in [3.63, 3.8) is 0 Å². The van der Waals surface area contributed by atoms with Crippen LogP contribution in [-0.4, -0.2) is 38.8 Å². The highest BCUT2D eigenvalue weighted by Crippen LogP contribution is 2.35. The number of H-pyrrole nitrogens is 1. The van der Waals surface area contributed by atoms with Crippen LogP contribution in [0.3, 0.4) is 0 Å². The Kier molecular flexibility index (Phi) is 5.50. The Hall–Kier alpha value is -1.99. The molecule has 6 nitrogen and oxygen atoms in total. The summed E-state index contributed by atoms with van der Waals surface area (Å²) in [6, 6.07) is 2.08. The fraction of sp³-hybridized carbons (Fsp3) is 0.609. The molecule has 3 aliphatic rings. The van der Waals surface area contributed by atoms with Gasteiger partial charge >= 0.3 is 0 Å². The molecule has 4 heterocycles. The van der Waals surface area contributed by atoms with Crippen molar-refractivity contribution in [2.75, 3.05) is 13.1 Å². The van der Waals surface area contributed by atoms with Crippen molar-refractivity contribution < 1.29 is 4.79 Å². The van der Waals surface area contributed by atoms with Gasteiger partial charge in [-0.15, -0.1) is 11.3 Å². The van der Waals surface area contributed by atoms with Crippen molar-refractivity contribution >= 4 is 17.2 Å². The zero-order valence-corrected chi connectivity index (χ0v) is 18.5. The van der Waals surface area contributed by atoms with E-state index in [9.17, 15) is 9.59 Å². The first-order valence-electron chi connectivity index (χ1n) is 11.3. The van der Waals surface area contributed by atoms with Gasteiger partial charge in [-0.1, -0.05) is 12.8 Å². The van der Waals surface area contributed by atoms with Crippen LogP contribution in [0.2, 0.25) is 0 Å². The Morgan fingerprint density at radius 1 is 1.23 bits per heavy atom. The normalized spacial score (nSPS) is 22.6. The molecule has 2 fully saturated rings. The number of rotatable bonds is 4. The molecule has 0 aromatic carbocycles. The molecule has 2 aromatic rings. The maximum atomic E-state index is 13.0. The summed E-state index contributed by atoms with van der Waals surface area (Å²) in [4.78, 5) is 39.6. The summed E-state index contributed by atoms with van der Waals surface area (Å²) in [5, 5.41) is 2.13. The molecule has 1 aliphatic carbocycles. The van der Waals surface area contributed by atoms with E-state index in [4.69, 9.17) is 4.98 Å². The predicted octanol–water partition coefficient (Wildman–Crippen LogP) is 3.55. The van der Waals surface area contributed by atoms with Crippen molar-refractivity contribution in [3.05, 3.63) is 49.3 Å². The van der Waals surface area contributed by atoms with Crippen molar-refractivity contribution in [1.29, 1.82) is 0 Å². The first kappa shape index (κ1) is 19.9. The van der Waals surface area contributed by atoms with Gasteiger partial charge in [-0.05, 0) is 49.6 Å². The number of fused-ring (bicyclic) bond motifs is 1. The van der Waals surface area contributed by atoms with Crippen molar-refractivity contribution in [1.82, 2.24) is 19.8 Å². The Balaban J connectivity index is 1.35. The Bertz CT molecular complexity index is 991. The highest BCUT2D eigenvalue weighted by Gasteiger charge is 2.36. The Labute approximate surface area is 181 Å². The van der Waals surface area contributed by atoms with E-state index in [0.717, 1.165) is 75.8 Å². The monoisotopic (exact) mass is 426 g/mol. The number of likely N-dealkylation sites (tertiary alicyclic amines) is 1. The van der Waals surface area contributed by atoms with Crippen LogP contribution in [0.4, 0.5) is 0 Å². The second-order valence-corrected chi connectivity index (χ2v) is 10.0. The number of thiophene rings is 1. The topological polar surface area (TPSA) is 69.3 Å². The van der Waals surface area contributed by atoms with Gasteiger partial charge in [-0.2, -0.15) is 0 Å². The van der Waals surface area contributed by atoms with Gasteiger partial charge in [0.05, 0.1) is 17.3 Å². The number of nitrogens with zero attached hydrogens (tertiary/aromatic N) is 3. The molecule has 1 atom stereocenters. The third-order valence-corrected chi connectivity index (χ3v) is 8.07. The summed E-state index contributed by atoms with van der Waals surface area (Å²) >= 11 is 1.78. The number of hydrogen-bond acceptors (Lipinski definition) is 5. The molecule has 1 saturated carbocycles. The fourth-order valence-corrected chi connectivity index (χ4v) is 6.23. The van der Waals surface area contributed by atoms with Crippen LogP contribution >= 0.6 is 11.3 Å². The number of aromatic nitrogens is 2. The number of amides is 1. The first-order valence-corrected chi connectivity index (χ1v) is 12.2. The van der Waals surface area contributed by atoms with Gasteiger partial charge in [-0.25, -0.2) is 4.98 Å². The minimum atomic E-state index is -0.0668. The largest absolute Gasteiger partial charge is 0.332 e. The maximum Gasteiger partial charge on any atom is 0.255 e. The van der Waals surface area contributed by atoms with E-state index < -0.39 is 0 Å². The van der Waals surface area contributed by atoms with Gasteiger partial charge in [-0.3, -0.25) is 14.5 Å². The van der Waals surface area contributed by atoms with Gasteiger partial charge < -0.3 is 9.88 Å². The number of nitrogens with one attached hydrogen (secondary N) is 1. The van der Waals surface area contributed by atoms with E-state index in [1.165, 1.54) is 10.4 Å². The lowest BCUT2D eigenvalue weighted by Crippen LogP contribution is -2.39. The molecule has 1 N–H and O–H groups in total. The van der Waals surface area contributed by atoms with Crippen LogP contribution in [0.15, 0.2) is 16.2 Å². The average molecular weight is 427 g/mol. The van der Waals surface area contributed by atoms with E-state index in [1.807, 2.05) is 4.90 Å². The molecule has 1 saturated heterocycles. The molecule has 2 aliphatic heterocycles. The molecular weight excluding hydrogens is 396 g/mol. The van der Waals surface area contributed by atoms with Crippen molar-refractivity contribution in [2.24, 2.45) is 5.92 Å². The van der Waals surface area contributed by atoms with Crippen LogP contribution < -0.4 is 5.56 Å². The molecular formula is C23H30N4O2S. The van der Waals surface area contributed by atoms with Crippen molar-refractivity contribution in [3.8, 4) is 0 Å². The zero-order chi connectivity index (χ0) is 20.7. The number of carbonyl (C=O) groups excluding carboxylic acids is 1.